The van der Waals surface area contributed by atoms with Gasteiger partial charge in [0.15, 0.2) is 0 Å². The van der Waals surface area contributed by atoms with Crippen LogP contribution in [0.5, 0.6) is 0 Å². The molecule has 2 heterocycles. The zero-order valence-corrected chi connectivity index (χ0v) is 16.5. The highest BCUT2D eigenvalue weighted by atomic mass is 19.4. The van der Waals surface area contributed by atoms with E-state index in [9.17, 15) is 22.8 Å². The number of rotatable bonds is 5. The van der Waals surface area contributed by atoms with Gasteiger partial charge < -0.3 is 5.32 Å². The molecule has 4 rings (SSSR count). The average Bonchev–Trinajstić information content (AvgIpc) is 3.30. The van der Waals surface area contributed by atoms with E-state index in [-0.39, 0.29) is 23.6 Å². The van der Waals surface area contributed by atoms with Crippen molar-refractivity contribution in [2.75, 3.05) is 5.32 Å². The highest BCUT2D eigenvalue weighted by molar-refractivity contribution is 6.03. The fourth-order valence-corrected chi connectivity index (χ4v) is 3.05. The van der Waals surface area contributed by atoms with E-state index in [0.717, 1.165) is 22.4 Å². The fraction of sp³-hybridized carbons (Fsp3) is 0.0909. The van der Waals surface area contributed by atoms with Gasteiger partial charge in [-0.3, -0.25) is 9.59 Å². The molecule has 0 aliphatic heterocycles. The van der Waals surface area contributed by atoms with E-state index in [4.69, 9.17) is 0 Å². The minimum Gasteiger partial charge on any atom is -0.319 e. The van der Waals surface area contributed by atoms with E-state index in [1.807, 2.05) is 6.07 Å². The summed E-state index contributed by atoms with van der Waals surface area (Å²) in [6.45, 7) is 0.142. The summed E-state index contributed by atoms with van der Waals surface area (Å²) in [5, 5.41) is 10.5. The van der Waals surface area contributed by atoms with Crippen molar-refractivity contribution >= 4 is 11.6 Å². The third kappa shape index (κ3) is 4.59. The molecule has 32 heavy (non-hydrogen) atoms. The van der Waals surface area contributed by atoms with Crippen molar-refractivity contribution in [1.82, 2.24) is 19.6 Å². The number of halogens is 3. The van der Waals surface area contributed by atoms with E-state index in [2.05, 4.69) is 15.5 Å². The molecule has 4 aromatic rings. The number of benzene rings is 2. The lowest BCUT2D eigenvalue weighted by molar-refractivity contribution is -0.137. The zero-order valence-electron chi connectivity index (χ0n) is 16.5. The molecule has 0 radical (unpaired) electrons. The number of carbonyl (C=O) groups is 1. The summed E-state index contributed by atoms with van der Waals surface area (Å²) in [6.07, 6.45) is -1.59. The Hall–Kier alpha value is -4.21. The van der Waals surface area contributed by atoms with Crippen molar-refractivity contribution in [1.29, 1.82) is 0 Å². The molecule has 0 bridgehead atoms. The summed E-state index contributed by atoms with van der Waals surface area (Å²) in [4.78, 5) is 25.0. The van der Waals surface area contributed by atoms with E-state index >= 15 is 0 Å². The predicted molar refractivity (Wildman–Crippen MR) is 111 cm³/mol. The summed E-state index contributed by atoms with van der Waals surface area (Å²) in [6, 6.07) is 16.0. The Kier molecular flexibility index (Phi) is 5.59. The van der Waals surface area contributed by atoms with Crippen molar-refractivity contribution in [3.05, 3.63) is 106 Å². The number of hydrogen-bond donors (Lipinski definition) is 1. The van der Waals surface area contributed by atoms with E-state index < -0.39 is 23.2 Å². The van der Waals surface area contributed by atoms with Crippen LogP contribution in [0.2, 0.25) is 0 Å². The Morgan fingerprint density at radius 1 is 1.00 bits per heavy atom. The maximum atomic E-state index is 13.2. The maximum Gasteiger partial charge on any atom is 0.416 e. The van der Waals surface area contributed by atoms with Gasteiger partial charge in [0, 0.05) is 18.5 Å². The van der Waals surface area contributed by atoms with Crippen LogP contribution in [0.15, 0.2) is 83.9 Å². The van der Waals surface area contributed by atoms with Crippen LogP contribution in [0, 0.1) is 0 Å². The minimum absolute atomic E-state index is 0.101. The molecule has 1 N–H and O–H groups in total. The molecule has 0 unspecified atom stereocenters. The number of nitrogens with zero attached hydrogens (tertiary/aromatic N) is 4. The van der Waals surface area contributed by atoms with E-state index in [1.54, 1.807) is 30.3 Å². The molecule has 1 amide bonds. The molecule has 0 atom stereocenters. The van der Waals surface area contributed by atoms with Gasteiger partial charge in [-0.25, -0.2) is 9.36 Å². The second kappa shape index (κ2) is 8.50. The van der Waals surface area contributed by atoms with Crippen LogP contribution in [-0.4, -0.2) is 25.5 Å². The SMILES string of the molecule is O=C(Nc1cc(C(F)(F)F)ccc1-n1cccn1)c1ccc(=O)n(Cc2ccccc2)n1. The van der Waals surface area contributed by atoms with Crippen LogP contribution < -0.4 is 10.9 Å². The molecule has 0 aliphatic rings. The number of anilines is 1. The quantitative estimate of drug-likeness (QED) is 0.514. The maximum absolute atomic E-state index is 13.2. The van der Waals surface area contributed by atoms with Crippen molar-refractivity contribution in [2.24, 2.45) is 0 Å². The Labute approximate surface area is 179 Å². The van der Waals surface area contributed by atoms with Gasteiger partial charge >= 0.3 is 6.18 Å². The predicted octanol–water partition coefficient (Wildman–Crippen LogP) is 3.75. The number of carbonyl (C=O) groups excluding carboxylic acids is 1. The minimum atomic E-state index is -4.59. The molecule has 10 heteroatoms. The van der Waals surface area contributed by atoms with Gasteiger partial charge in [-0.2, -0.15) is 23.4 Å². The first-order valence-corrected chi connectivity index (χ1v) is 9.46. The third-order valence-corrected chi connectivity index (χ3v) is 4.60. The summed E-state index contributed by atoms with van der Waals surface area (Å²) in [7, 11) is 0. The second-order valence-electron chi connectivity index (χ2n) is 6.83. The van der Waals surface area contributed by atoms with E-state index in [1.165, 1.54) is 35.3 Å². The highest BCUT2D eigenvalue weighted by Crippen LogP contribution is 2.33. The fourth-order valence-electron chi connectivity index (χ4n) is 3.05. The molecule has 2 aromatic carbocycles. The summed E-state index contributed by atoms with van der Waals surface area (Å²) >= 11 is 0. The van der Waals surface area contributed by atoms with Gasteiger partial charge in [0.05, 0.1) is 23.5 Å². The van der Waals surface area contributed by atoms with Crippen LogP contribution in [0.25, 0.3) is 5.69 Å². The van der Waals surface area contributed by atoms with Crippen molar-refractivity contribution in [2.45, 2.75) is 12.7 Å². The van der Waals surface area contributed by atoms with Gasteiger partial charge in [-0.15, -0.1) is 0 Å². The van der Waals surface area contributed by atoms with Gasteiger partial charge in [0.1, 0.15) is 5.69 Å². The number of nitrogens with one attached hydrogen (secondary N) is 1. The van der Waals surface area contributed by atoms with Crippen LogP contribution in [0.1, 0.15) is 21.6 Å². The van der Waals surface area contributed by atoms with Crippen molar-refractivity contribution in [3.8, 4) is 5.69 Å². The van der Waals surface area contributed by atoms with Crippen LogP contribution in [0.4, 0.5) is 18.9 Å². The molecule has 7 nitrogen and oxygen atoms in total. The Bertz CT molecular complexity index is 1300. The molecule has 0 aliphatic carbocycles. The van der Waals surface area contributed by atoms with Gasteiger partial charge in [-0.1, -0.05) is 30.3 Å². The monoisotopic (exact) mass is 439 g/mol. The molecule has 0 spiro atoms. The second-order valence-corrected chi connectivity index (χ2v) is 6.83. The zero-order chi connectivity index (χ0) is 22.7. The molecule has 0 saturated carbocycles. The number of alkyl halides is 3. The topological polar surface area (TPSA) is 81.8 Å². The summed E-state index contributed by atoms with van der Waals surface area (Å²) in [5.74, 6) is -0.764. The Morgan fingerprint density at radius 3 is 2.47 bits per heavy atom. The van der Waals surface area contributed by atoms with Crippen LogP contribution >= 0.6 is 0 Å². The number of amides is 1. The standard InChI is InChI=1S/C22H16F3N5O2/c23-22(24,25)16-7-9-19(29-12-4-11-26-29)18(13-16)27-21(32)17-8-10-20(31)30(28-17)14-15-5-2-1-3-6-15/h1-13H,14H2,(H,27,32). The third-order valence-electron chi connectivity index (χ3n) is 4.60. The normalized spacial score (nSPS) is 11.3. The first kappa shape index (κ1) is 21.0. The van der Waals surface area contributed by atoms with Gasteiger partial charge in [0.25, 0.3) is 11.5 Å². The molecule has 2 aromatic heterocycles. The van der Waals surface area contributed by atoms with Gasteiger partial charge in [0.2, 0.25) is 0 Å². The number of hydrogen-bond acceptors (Lipinski definition) is 4. The summed E-state index contributed by atoms with van der Waals surface area (Å²) in [5.41, 5.74) is -0.514. The molecule has 0 fully saturated rings. The van der Waals surface area contributed by atoms with Crippen molar-refractivity contribution in [3.63, 3.8) is 0 Å². The Balaban J connectivity index is 1.66. The van der Waals surface area contributed by atoms with Crippen molar-refractivity contribution < 1.29 is 18.0 Å². The highest BCUT2D eigenvalue weighted by Gasteiger charge is 2.31. The molecule has 162 valence electrons. The van der Waals surface area contributed by atoms with Crippen LogP contribution in [-0.2, 0) is 12.7 Å². The first-order valence-electron chi connectivity index (χ1n) is 9.46. The lowest BCUT2D eigenvalue weighted by Crippen LogP contribution is -2.26. The summed E-state index contributed by atoms with van der Waals surface area (Å²) < 4.78 is 42.1. The first-order chi connectivity index (χ1) is 15.3. The average molecular weight is 439 g/mol. The molecular formula is C22H16F3N5O2. The molecular weight excluding hydrogens is 423 g/mol. The molecule has 0 saturated heterocycles. The van der Waals surface area contributed by atoms with Crippen LogP contribution in [0.3, 0.4) is 0 Å². The Morgan fingerprint density at radius 2 is 1.78 bits per heavy atom. The van der Waals surface area contributed by atoms with Gasteiger partial charge in [-0.05, 0) is 35.9 Å². The smallest absolute Gasteiger partial charge is 0.319 e. The lowest BCUT2D eigenvalue weighted by atomic mass is 10.1. The lowest BCUT2D eigenvalue weighted by Gasteiger charge is -2.15. The number of aromatic nitrogens is 4. The van der Waals surface area contributed by atoms with E-state index in [0.29, 0.717) is 0 Å². The largest absolute Gasteiger partial charge is 0.416 e.